The monoisotopic (exact) mass is 268 g/mol. The molecule has 0 bridgehead atoms. The van der Waals surface area contributed by atoms with E-state index in [2.05, 4.69) is 16.5 Å². The fourth-order valence-corrected chi connectivity index (χ4v) is 4.64. The van der Waals surface area contributed by atoms with Gasteiger partial charge in [0.15, 0.2) is 0 Å². The van der Waals surface area contributed by atoms with Crippen LogP contribution in [0.4, 0.5) is 0 Å². The zero-order valence-electron chi connectivity index (χ0n) is 11.2. The molecule has 0 aromatic rings. The third-order valence-corrected chi connectivity index (χ3v) is 6.07. The molecule has 2 aliphatic heterocycles. The molecule has 1 N–H and O–H groups in total. The van der Waals surface area contributed by atoms with Crippen molar-refractivity contribution in [2.45, 2.75) is 68.3 Å². The number of fused-ring (bicyclic) bond motifs is 1. The quantitative estimate of drug-likeness (QED) is 0.850. The molecular formula is C14H24N2OS. The SMILES string of the molecule is CSC1CCC(NC2CC(=O)N3CCCC23)CC1. The van der Waals surface area contributed by atoms with E-state index in [4.69, 9.17) is 0 Å². The second kappa shape index (κ2) is 5.41. The average Bonchev–Trinajstić information content (AvgIpc) is 2.97. The first-order valence-corrected chi connectivity index (χ1v) is 8.65. The van der Waals surface area contributed by atoms with Gasteiger partial charge in [0.1, 0.15) is 0 Å². The fourth-order valence-electron chi connectivity index (χ4n) is 3.90. The van der Waals surface area contributed by atoms with Crippen LogP contribution in [0.3, 0.4) is 0 Å². The zero-order valence-corrected chi connectivity index (χ0v) is 12.0. The summed E-state index contributed by atoms with van der Waals surface area (Å²) in [5.41, 5.74) is 0. The number of nitrogens with zero attached hydrogens (tertiary/aromatic N) is 1. The van der Waals surface area contributed by atoms with Gasteiger partial charge in [0, 0.05) is 36.3 Å². The van der Waals surface area contributed by atoms with E-state index in [1.165, 1.54) is 38.5 Å². The predicted octanol–water partition coefficient (Wildman–Crippen LogP) is 2.01. The molecule has 2 heterocycles. The van der Waals surface area contributed by atoms with Crippen molar-refractivity contribution in [3.63, 3.8) is 0 Å². The lowest BCUT2D eigenvalue weighted by molar-refractivity contribution is -0.127. The molecule has 18 heavy (non-hydrogen) atoms. The summed E-state index contributed by atoms with van der Waals surface area (Å²) in [6.07, 6.45) is 10.7. The number of amides is 1. The van der Waals surface area contributed by atoms with Crippen LogP contribution in [0, 0.1) is 0 Å². The maximum absolute atomic E-state index is 11.9. The van der Waals surface area contributed by atoms with Gasteiger partial charge in [0.05, 0.1) is 0 Å². The van der Waals surface area contributed by atoms with E-state index in [-0.39, 0.29) is 0 Å². The first-order chi connectivity index (χ1) is 8.78. The van der Waals surface area contributed by atoms with Crippen molar-refractivity contribution in [1.82, 2.24) is 10.2 Å². The lowest BCUT2D eigenvalue weighted by Crippen LogP contribution is -2.46. The Bertz CT molecular complexity index is 315. The van der Waals surface area contributed by atoms with E-state index in [0.29, 0.717) is 24.0 Å². The van der Waals surface area contributed by atoms with Crippen LogP contribution in [-0.2, 0) is 4.79 Å². The predicted molar refractivity (Wildman–Crippen MR) is 75.8 cm³/mol. The number of thioether (sulfide) groups is 1. The molecule has 0 aromatic carbocycles. The highest BCUT2D eigenvalue weighted by molar-refractivity contribution is 7.99. The molecule has 1 amide bonds. The van der Waals surface area contributed by atoms with Gasteiger partial charge < -0.3 is 10.2 Å². The normalized spacial score (nSPS) is 40.3. The lowest BCUT2D eigenvalue weighted by atomic mass is 9.93. The Balaban J connectivity index is 1.53. The molecule has 2 unspecified atom stereocenters. The maximum Gasteiger partial charge on any atom is 0.224 e. The molecule has 0 aromatic heterocycles. The molecule has 3 rings (SSSR count). The van der Waals surface area contributed by atoms with Gasteiger partial charge in [-0.05, 0) is 44.8 Å². The maximum atomic E-state index is 11.9. The van der Waals surface area contributed by atoms with E-state index in [9.17, 15) is 4.79 Å². The number of rotatable bonds is 3. The third kappa shape index (κ3) is 2.42. The summed E-state index contributed by atoms with van der Waals surface area (Å²) in [4.78, 5) is 14.0. The van der Waals surface area contributed by atoms with Crippen LogP contribution in [0.5, 0.6) is 0 Å². The van der Waals surface area contributed by atoms with Crippen molar-refractivity contribution in [3.05, 3.63) is 0 Å². The van der Waals surface area contributed by atoms with Gasteiger partial charge in [-0.3, -0.25) is 4.79 Å². The van der Waals surface area contributed by atoms with Crippen LogP contribution in [-0.4, -0.2) is 47.0 Å². The number of nitrogens with one attached hydrogen (secondary N) is 1. The van der Waals surface area contributed by atoms with Crippen molar-refractivity contribution in [2.75, 3.05) is 12.8 Å². The summed E-state index contributed by atoms with van der Waals surface area (Å²) in [5.74, 6) is 0.382. The zero-order chi connectivity index (χ0) is 12.5. The topological polar surface area (TPSA) is 32.3 Å². The van der Waals surface area contributed by atoms with Crippen molar-refractivity contribution >= 4 is 17.7 Å². The Kier molecular flexibility index (Phi) is 3.85. The van der Waals surface area contributed by atoms with Crippen molar-refractivity contribution in [1.29, 1.82) is 0 Å². The first-order valence-electron chi connectivity index (χ1n) is 7.36. The summed E-state index contributed by atoms with van der Waals surface area (Å²) >= 11 is 2.02. The molecule has 102 valence electrons. The summed E-state index contributed by atoms with van der Waals surface area (Å²) in [5, 5.41) is 4.66. The summed E-state index contributed by atoms with van der Waals surface area (Å²) in [6, 6.07) is 1.61. The molecule has 0 radical (unpaired) electrons. The second-order valence-electron chi connectivity index (χ2n) is 5.98. The second-order valence-corrected chi connectivity index (χ2v) is 7.12. The van der Waals surface area contributed by atoms with Gasteiger partial charge in [-0.15, -0.1) is 0 Å². The van der Waals surface area contributed by atoms with Gasteiger partial charge >= 0.3 is 0 Å². The third-order valence-electron chi connectivity index (χ3n) is 4.94. The fraction of sp³-hybridized carbons (Fsp3) is 0.929. The molecule has 0 spiro atoms. The van der Waals surface area contributed by atoms with Gasteiger partial charge in [0.2, 0.25) is 5.91 Å². The molecule has 3 aliphatic rings. The highest BCUT2D eigenvalue weighted by atomic mass is 32.2. The highest BCUT2D eigenvalue weighted by Crippen LogP contribution is 2.32. The van der Waals surface area contributed by atoms with E-state index >= 15 is 0 Å². The van der Waals surface area contributed by atoms with Crippen molar-refractivity contribution < 1.29 is 4.79 Å². The van der Waals surface area contributed by atoms with Gasteiger partial charge in [-0.25, -0.2) is 0 Å². The minimum atomic E-state index is 0.382. The molecule has 1 aliphatic carbocycles. The van der Waals surface area contributed by atoms with Crippen LogP contribution in [0.1, 0.15) is 44.9 Å². The minimum absolute atomic E-state index is 0.382. The highest BCUT2D eigenvalue weighted by Gasteiger charge is 2.42. The smallest absolute Gasteiger partial charge is 0.224 e. The van der Waals surface area contributed by atoms with Crippen LogP contribution in [0.2, 0.25) is 0 Å². The first kappa shape index (κ1) is 12.8. The Morgan fingerprint density at radius 1 is 1.22 bits per heavy atom. The number of carbonyl (C=O) groups is 1. The van der Waals surface area contributed by atoms with Crippen molar-refractivity contribution in [2.24, 2.45) is 0 Å². The standard InChI is InChI=1S/C14H24N2OS/c1-18-11-6-4-10(5-7-11)15-12-9-14(17)16-8-2-3-13(12)16/h10-13,15H,2-9H2,1H3. The summed E-state index contributed by atoms with van der Waals surface area (Å²) in [7, 11) is 0. The Hall–Kier alpha value is -0.220. The van der Waals surface area contributed by atoms with E-state index in [1.54, 1.807) is 0 Å². The molecule has 2 atom stereocenters. The molecule has 3 fully saturated rings. The van der Waals surface area contributed by atoms with E-state index in [1.807, 2.05) is 11.8 Å². The minimum Gasteiger partial charge on any atom is -0.338 e. The number of carbonyl (C=O) groups excluding carboxylic acids is 1. The lowest BCUT2D eigenvalue weighted by Gasteiger charge is -2.32. The van der Waals surface area contributed by atoms with Crippen LogP contribution in [0.15, 0.2) is 0 Å². The summed E-state index contributed by atoms with van der Waals surface area (Å²) in [6.45, 7) is 1.00. The van der Waals surface area contributed by atoms with Gasteiger partial charge in [0.25, 0.3) is 0 Å². The van der Waals surface area contributed by atoms with E-state index < -0.39 is 0 Å². The van der Waals surface area contributed by atoms with Gasteiger partial charge in [-0.2, -0.15) is 11.8 Å². The Morgan fingerprint density at radius 3 is 2.72 bits per heavy atom. The van der Waals surface area contributed by atoms with E-state index in [0.717, 1.165) is 18.2 Å². The molecule has 1 saturated carbocycles. The van der Waals surface area contributed by atoms with Crippen molar-refractivity contribution in [3.8, 4) is 0 Å². The number of hydrogen-bond acceptors (Lipinski definition) is 3. The molecule has 2 saturated heterocycles. The number of hydrogen-bond donors (Lipinski definition) is 1. The molecule has 4 heteroatoms. The van der Waals surface area contributed by atoms with Crippen LogP contribution >= 0.6 is 11.8 Å². The van der Waals surface area contributed by atoms with Crippen LogP contribution in [0.25, 0.3) is 0 Å². The molecule has 3 nitrogen and oxygen atoms in total. The average molecular weight is 268 g/mol. The largest absolute Gasteiger partial charge is 0.338 e. The van der Waals surface area contributed by atoms with Crippen LogP contribution < -0.4 is 5.32 Å². The Labute approximate surface area is 114 Å². The summed E-state index contributed by atoms with van der Waals surface area (Å²) < 4.78 is 0. The Morgan fingerprint density at radius 2 is 2.00 bits per heavy atom. The van der Waals surface area contributed by atoms with Gasteiger partial charge in [-0.1, -0.05) is 0 Å². The molecular weight excluding hydrogens is 244 g/mol.